The first-order chi connectivity index (χ1) is 7.79. The second-order valence-corrected chi connectivity index (χ2v) is 3.79. The fraction of sp³-hybridized carbons (Fsp3) is 0. The summed E-state index contributed by atoms with van der Waals surface area (Å²) in [6, 6.07) is 9.16. The van der Waals surface area contributed by atoms with Gasteiger partial charge in [0.2, 0.25) is 5.69 Å². The summed E-state index contributed by atoms with van der Waals surface area (Å²) in [7, 11) is 0. The van der Waals surface area contributed by atoms with Crippen LogP contribution in [-0.4, -0.2) is 9.97 Å². The molecule has 0 spiro atoms. The Balaban J connectivity index is 2.27. The topological polar surface area (TPSA) is 58.8 Å². The number of aromatic nitrogens is 2. The molecule has 1 aromatic carbocycles. The number of nitriles is 1. The molecule has 0 aliphatic carbocycles. The van der Waals surface area contributed by atoms with Crippen molar-refractivity contribution in [3.8, 4) is 17.7 Å². The first-order valence-corrected chi connectivity index (χ1v) is 5.23. The van der Waals surface area contributed by atoms with Gasteiger partial charge >= 0.3 is 0 Å². The zero-order chi connectivity index (χ0) is 11.4. The van der Waals surface area contributed by atoms with Crippen LogP contribution in [0.15, 0.2) is 41.1 Å². The Morgan fingerprint density at radius 2 is 1.81 bits per heavy atom. The van der Waals surface area contributed by atoms with Gasteiger partial charge in [0.25, 0.3) is 5.88 Å². The fourth-order valence-corrected chi connectivity index (χ4v) is 1.36. The summed E-state index contributed by atoms with van der Waals surface area (Å²) in [6.07, 6.45) is 2.93. The van der Waals surface area contributed by atoms with Crippen LogP contribution in [0.1, 0.15) is 5.69 Å². The molecule has 0 bridgehead atoms. The number of nitrogens with zero attached hydrogens (tertiary/aromatic N) is 3. The zero-order valence-electron chi connectivity index (χ0n) is 8.09. The van der Waals surface area contributed by atoms with Crippen molar-refractivity contribution in [2.24, 2.45) is 0 Å². The monoisotopic (exact) mass is 275 g/mol. The highest BCUT2D eigenvalue weighted by molar-refractivity contribution is 9.10. The highest BCUT2D eigenvalue weighted by atomic mass is 79.9. The quantitative estimate of drug-likeness (QED) is 0.846. The Morgan fingerprint density at radius 1 is 1.12 bits per heavy atom. The summed E-state index contributed by atoms with van der Waals surface area (Å²) in [4.78, 5) is 7.80. The minimum Gasteiger partial charge on any atom is -0.436 e. The maximum atomic E-state index is 8.80. The van der Waals surface area contributed by atoms with Crippen molar-refractivity contribution in [2.75, 3.05) is 0 Å². The van der Waals surface area contributed by atoms with E-state index < -0.39 is 0 Å². The van der Waals surface area contributed by atoms with Crippen LogP contribution in [0, 0.1) is 11.3 Å². The van der Waals surface area contributed by atoms with Gasteiger partial charge in [-0.3, -0.25) is 0 Å². The number of hydrogen-bond acceptors (Lipinski definition) is 4. The number of benzene rings is 1. The van der Waals surface area contributed by atoms with Crippen LogP contribution < -0.4 is 4.74 Å². The molecule has 1 aromatic heterocycles. The molecule has 0 aliphatic heterocycles. The summed E-state index contributed by atoms with van der Waals surface area (Å²) < 4.78 is 6.40. The second kappa shape index (κ2) is 4.73. The molecule has 0 atom stereocenters. The number of ether oxygens (including phenoxy) is 1. The first-order valence-electron chi connectivity index (χ1n) is 4.44. The summed E-state index contributed by atoms with van der Waals surface area (Å²) in [6.45, 7) is 0. The van der Waals surface area contributed by atoms with Gasteiger partial charge in [-0.2, -0.15) is 5.26 Å². The Labute approximate surface area is 101 Å². The van der Waals surface area contributed by atoms with Gasteiger partial charge in [-0.05, 0) is 24.3 Å². The van der Waals surface area contributed by atoms with Crippen LogP contribution in [0.3, 0.4) is 0 Å². The highest BCUT2D eigenvalue weighted by Gasteiger charge is 2.06. The lowest BCUT2D eigenvalue weighted by molar-refractivity contribution is 0.458. The minimum atomic E-state index is 0.172. The zero-order valence-corrected chi connectivity index (χ0v) is 9.68. The summed E-state index contributed by atoms with van der Waals surface area (Å²) in [5, 5.41) is 8.80. The molecule has 0 radical (unpaired) electrons. The van der Waals surface area contributed by atoms with Gasteiger partial charge in [-0.1, -0.05) is 15.9 Å². The van der Waals surface area contributed by atoms with Gasteiger partial charge in [-0.15, -0.1) is 0 Å². The number of halogens is 1. The van der Waals surface area contributed by atoms with Crippen LogP contribution in [0.4, 0.5) is 0 Å². The molecule has 0 unspecified atom stereocenters. The smallest absolute Gasteiger partial charge is 0.256 e. The van der Waals surface area contributed by atoms with Crippen LogP contribution in [0.25, 0.3) is 0 Å². The van der Waals surface area contributed by atoms with Crippen molar-refractivity contribution >= 4 is 15.9 Å². The molecule has 0 saturated carbocycles. The van der Waals surface area contributed by atoms with E-state index in [1.165, 1.54) is 12.4 Å². The molecule has 4 nitrogen and oxygen atoms in total. The molecule has 0 fully saturated rings. The van der Waals surface area contributed by atoms with Crippen LogP contribution >= 0.6 is 15.9 Å². The molecule has 2 aromatic rings. The van der Waals surface area contributed by atoms with E-state index in [-0.39, 0.29) is 11.6 Å². The number of rotatable bonds is 2. The van der Waals surface area contributed by atoms with E-state index in [1.807, 2.05) is 18.2 Å². The summed E-state index contributed by atoms with van der Waals surface area (Å²) in [5.41, 5.74) is 0.172. The minimum absolute atomic E-state index is 0.172. The molecule has 78 valence electrons. The lowest BCUT2D eigenvalue weighted by Crippen LogP contribution is -1.93. The van der Waals surface area contributed by atoms with E-state index in [9.17, 15) is 0 Å². The van der Waals surface area contributed by atoms with Crippen LogP contribution in [-0.2, 0) is 0 Å². The standard InChI is InChI=1S/C11H6BrN3O/c12-8-1-3-9(4-2-8)16-11-10(7-13)14-5-6-15-11/h1-6H. The normalized spacial score (nSPS) is 9.50. The average molecular weight is 276 g/mol. The van der Waals surface area contributed by atoms with Gasteiger partial charge in [0.05, 0.1) is 0 Å². The average Bonchev–Trinajstić information content (AvgIpc) is 2.33. The maximum Gasteiger partial charge on any atom is 0.256 e. The van der Waals surface area contributed by atoms with Gasteiger partial charge in [-0.25, -0.2) is 9.97 Å². The fourth-order valence-electron chi connectivity index (χ4n) is 1.09. The second-order valence-electron chi connectivity index (χ2n) is 2.88. The van der Waals surface area contributed by atoms with E-state index in [2.05, 4.69) is 25.9 Å². The van der Waals surface area contributed by atoms with Crippen LogP contribution in [0.2, 0.25) is 0 Å². The van der Waals surface area contributed by atoms with Crippen molar-refractivity contribution < 1.29 is 4.74 Å². The lowest BCUT2D eigenvalue weighted by Gasteiger charge is -2.04. The van der Waals surface area contributed by atoms with E-state index >= 15 is 0 Å². The molecule has 2 rings (SSSR count). The molecular weight excluding hydrogens is 270 g/mol. The van der Waals surface area contributed by atoms with Crippen molar-refractivity contribution in [3.63, 3.8) is 0 Å². The Morgan fingerprint density at radius 3 is 2.50 bits per heavy atom. The Bertz CT molecular complexity index is 534. The molecule has 16 heavy (non-hydrogen) atoms. The Hall–Kier alpha value is -1.93. The third-order valence-electron chi connectivity index (χ3n) is 1.80. The molecule has 1 heterocycles. The molecular formula is C11H6BrN3O. The molecule has 0 amide bonds. The molecule has 5 heteroatoms. The highest BCUT2D eigenvalue weighted by Crippen LogP contribution is 2.22. The van der Waals surface area contributed by atoms with E-state index in [0.29, 0.717) is 5.75 Å². The SMILES string of the molecule is N#Cc1nccnc1Oc1ccc(Br)cc1. The van der Waals surface area contributed by atoms with E-state index in [4.69, 9.17) is 10.00 Å². The Kier molecular flexibility index (Phi) is 3.13. The molecule has 0 aliphatic rings. The number of hydrogen-bond donors (Lipinski definition) is 0. The molecule has 0 N–H and O–H groups in total. The predicted molar refractivity (Wildman–Crippen MR) is 61.0 cm³/mol. The van der Waals surface area contributed by atoms with Crippen LogP contribution in [0.5, 0.6) is 11.6 Å². The maximum absolute atomic E-state index is 8.80. The third-order valence-corrected chi connectivity index (χ3v) is 2.33. The van der Waals surface area contributed by atoms with Crippen molar-refractivity contribution in [2.45, 2.75) is 0 Å². The summed E-state index contributed by atoms with van der Waals surface area (Å²) >= 11 is 3.32. The van der Waals surface area contributed by atoms with Gasteiger partial charge in [0.15, 0.2) is 0 Å². The predicted octanol–water partition coefficient (Wildman–Crippen LogP) is 2.90. The summed E-state index contributed by atoms with van der Waals surface area (Å²) in [5.74, 6) is 0.826. The third kappa shape index (κ3) is 2.35. The largest absolute Gasteiger partial charge is 0.436 e. The van der Waals surface area contributed by atoms with E-state index in [1.54, 1.807) is 12.1 Å². The van der Waals surface area contributed by atoms with Crippen molar-refractivity contribution in [1.29, 1.82) is 5.26 Å². The molecule has 0 saturated heterocycles. The van der Waals surface area contributed by atoms with Gasteiger partial charge < -0.3 is 4.74 Å². The first kappa shape index (κ1) is 10.6. The van der Waals surface area contributed by atoms with Crippen molar-refractivity contribution in [1.82, 2.24) is 9.97 Å². The van der Waals surface area contributed by atoms with E-state index in [0.717, 1.165) is 4.47 Å². The van der Waals surface area contributed by atoms with Gasteiger partial charge in [0.1, 0.15) is 11.8 Å². The van der Waals surface area contributed by atoms with Crippen molar-refractivity contribution in [3.05, 3.63) is 46.8 Å². The lowest BCUT2D eigenvalue weighted by atomic mass is 10.3. The van der Waals surface area contributed by atoms with Gasteiger partial charge in [0, 0.05) is 16.9 Å².